The van der Waals surface area contributed by atoms with Gasteiger partial charge in [-0.3, -0.25) is 18.6 Å². The second-order valence-electron chi connectivity index (χ2n) is 21.7. The number of phosphoric ester groups is 1. The molecule has 0 heterocycles. The summed E-state index contributed by atoms with van der Waals surface area (Å²) < 4.78 is 34.6. The molecule has 0 aromatic heterocycles. The van der Waals surface area contributed by atoms with Crippen LogP contribution in [0.5, 0.6) is 0 Å². The average molecular weight is 1060 g/mol. The van der Waals surface area contributed by atoms with Gasteiger partial charge in [-0.25, -0.2) is 4.57 Å². The SMILES string of the molecule is CC/C=C\C/C=C\C/C=C\C/C=C\C/C=C\CCCCCCCCCCCCCC(=O)OC(COC(=O)CCCCCCCCCCCCC/C=C\CCCCCCCCCC)COP(=O)(O)OCC[N+](C)(C)C. The topological polar surface area (TPSA) is 108 Å². The van der Waals surface area contributed by atoms with Crippen LogP contribution in [0.25, 0.3) is 0 Å². The fourth-order valence-corrected chi connectivity index (χ4v) is 9.25. The van der Waals surface area contributed by atoms with Crippen LogP contribution in [-0.2, 0) is 32.7 Å². The number of nitrogens with zero attached hydrogens (tertiary/aromatic N) is 1. The van der Waals surface area contributed by atoms with Crippen LogP contribution in [0.15, 0.2) is 72.9 Å². The van der Waals surface area contributed by atoms with E-state index >= 15 is 0 Å². The van der Waals surface area contributed by atoms with Crippen LogP contribution in [-0.4, -0.2) is 74.9 Å². The van der Waals surface area contributed by atoms with E-state index in [1.54, 1.807) is 0 Å². The van der Waals surface area contributed by atoms with Crippen molar-refractivity contribution in [2.24, 2.45) is 0 Å². The highest BCUT2D eigenvalue weighted by molar-refractivity contribution is 7.47. The number of unbranched alkanes of at least 4 members (excludes halogenated alkanes) is 30. The molecule has 430 valence electrons. The maximum atomic E-state index is 12.8. The van der Waals surface area contributed by atoms with Gasteiger partial charge in [0.15, 0.2) is 6.10 Å². The summed E-state index contributed by atoms with van der Waals surface area (Å²) in [5.74, 6) is -0.796. The van der Waals surface area contributed by atoms with Crippen LogP contribution >= 0.6 is 7.82 Å². The van der Waals surface area contributed by atoms with Gasteiger partial charge in [0.25, 0.3) is 0 Å². The number of phosphoric acid groups is 1. The van der Waals surface area contributed by atoms with Crippen LogP contribution in [0.2, 0.25) is 0 Å². The number of ether oxygens (including phenoxy) is 2. The number of carbonyl (C=O) groups is 2. The molecular formula is C64H117NO8P+. The smallest absolute Gasteiger partial charge is 0.462 e. The second-order valence-corrected chi connectivity index (χ2v) is 23.2. The van der Waals surface area contributed by atoms with Crippen LogP contribution in [0.4, 0.5) is 0 Å². The van der Waals surface area contributed by atoms with Crippen molar-refractivity contribution in [2.75, 3.05) is 47.5 Å². The molecule has 0 bridgehead atoms. The first kappa shape index (κ1) is 71.5. The second kappa shape index (κ2) is 55.2. The zero-order valence-electron chi connectivity index (χ0n) is 48.8. The first-order chi connectivity index (χ1) is 36.0. The monoisotopic (exact) mass is 1060 g/mol. The van der Waals surface area contributed by atoms with E-state index in [-0.39, 0.29) is 32.0 Å². The summed E-state index contributed by atoms with van der Waals surface area (Å²) in [5.41, 5.74) is 0. The van der Waals surface area contributed by atoms with E-state index < -0.39 is 26.5 Å². The van der Waals surface area contributed by atoms with E-state index in [4.69, 9.17) is 18.5 Å². The normalized spacial score (nSPS) is 13.8. The standard InChI is InChI=1S/C64H116NO8P/c1-6-8-10-12-14-16-18-20-22-24-26-28-30-31-32-33-35-37-39-41-43-45-47-49-51-53-55-57-64(67)73-62(61-72-74(68,69)71-59-58-65(3,4)5)60-70-63(66)56-54-52-50-48-46-44-42-40-38-36-34-29-27-25-23-21-19-17-15-13-11-9-7-2/h8,10,14,16,20,22,25-28,31-32,62H,6-7,9,11-13,15,17-19,21,23-24,29-30,33-61H2,1-5H3/p+1/b10-8-,16-14-,22-20-,27-25-,28-26-,32-31-. The molecule has 9 nitrogen and oxygen atoms in total. The summed E-state index contributed by atoms with van der Waals surface area (Å²) in [6, 6.07) is 0. The van der Waals surface area contributed by atoms with E-state index in [0.29, 0.717) is 17.4 Å². The maximum absolute atomic E-state index is 12.8. The third-order valence-corrected chi connectivity index (χ3v) is 14.2. The highest BCUT2D eigenvalue weighted by Crippen LogP contribution is 2.43. The number of likely N-dealkylation sites (N-methyl/N-ethyl adjacent to an activating group) is 1. The van der Waals surface area contributed by atoms with Gasteiger partial charge in [0.1, 0.15) is 19.8 Å². The predicted molar refractivity (Wildman–Crippen MR) is 316 cm³/mol. The van der Waals surface area contributed by atoms with Crippen molar-refractivity contribution in [2.45, 2.75) is 277 Å². The van der Waals surface area contributed by atoms with Gasteiger partial charge >= 0.3 is 19.8 Å². The van der Waals surface area contributed by atoms with Crippen molar-refractivity contribution in [3.63, 3.8) is 0 Å². The van der Waals surface area contributed by atoms with Crippen molar-refractivity contribution in [1.29, 1.82) is 0 Å². The molecule has 10 heteroatoms. The van der Waals surface area contributed by atoms with Crippen molar-refractivity contribution in [1.82, 2.24) is 0 Å². The Morgan fingerprint density at radius 3 is 1.16 bits per heavy atom. The minimum Gasteiger partial charge on any atom is -0.462 e. The Labute approximate surface area is 457 Å². The van der Waals surface area contributed by atoms with Crippen LogP contribution < -0.4 is 0 Å². The van der Waals surface area contributed by atoms with Crippen molar-refractivity contribution < 1.29 is 42.1 Å². The Bertz CT molecular complexity index is 1480. The molecule has 1 N–H and O–H groups in total. The number of rotatable bonds is 56. The fourth-order valence-electron chi connectivity index (χ4n) is 8.51. The fraction of sp³-hybridized carbons (Fsp3) is 0.781. The largest absolute Gasteiger partial charge is 0.472 e. The summed E-state index contributed by atoms with van der Waals surface area (Å²) in [6.07, 6.45) is 72.6. The number of esters is 2. The molecule has 2 atom stereocenters. The summed E-state index contributed by atoms with van der Waals surface area (Å²) in [4.78, 5) is 35.8. The molecule has 0 rings (SSSR count). The Balaban J connectivity index is 4.14. The number of allylic oxidation sites excluding steroid dienone is 12. The number of hydrogen-bond donors (Lipinski definition) is 1. The molecule has 0 aliphatic rings. The van der Waals surface area contributed by atoms with Crippen molar-refractivity contribution in [3.8, 4) is 0 Å². The molecule has 0 saturated heterocycles. The van der Waals surface area contributed by atoms with Gasteiger partial charge in [0.05, 0.1) is 27.7 Å². The molecule has 0 spiro atoms. The summed E-state index contributed by atoms with van der Waals surface area (Å²) in [5, 5.41) is 0. The molecule has 0 amide bonds. The van der Waals surface area contributed by atoms with Gasteiger partial charge in [-0.1, -0.05) is 247 Å². The Morgan fingerprint density at radius 2 is 0.770 bits per heavy atom. The summed E-state index contributed by atoms with van der Waals surface area (Å²) >= 11 is 0. The van der Waals surface area contributed by atoms with E-state index in [0.717, 1.165) is 70.6 Å². The number of carbonyl (C=O) groups excluding carboxylic acids is 2. The molecule has 0 aliphatic carbocycles. The lowest BCUT2D eigenvalue weighted by Gasteiger charge is -2.24. The Hall–Kier alpha value is -2.55. The molecule has 0 fully saturated rings. The van der Waals surface area contributed by atoms with Crippen molar-refractivity contribution in [3.05, 3.63) is 72.9 Å². The highest BCUT2D eigenvalue weighted by Gasteiger charge is 2.27. The predicted octanol–water partition coefficient (Wildman–Crippen LogP) is 19.3. The molecular weight excluding hydrogens is 942 g/mol. The lowest BCUT2D eigenvalue weighted by molar-refractivity contribution is -0.870. The molecule has 0 aliphatic heterocycles. The zero-order chi connectivity index (χ0) is 54.2. The van der Waals surface area contributed by atoms with Gasteiger partial charge in [-0.05, 0) is 83.5 Å². The van der Waals surface area contributed by atoms with E-state index in [2.05, 4.69) is 86.8 Å². The first-order valence-corrected chi connectivity index (χ1v) is 32.2. The van der Waals surface area contributed by atoms with Gasteiger partial charge < -0.3 is 18.9 Å². The summed E-state index contributed by atoms with van der Waals surface area (Å²) in [7, 11) is 1.48. The van der Waals surface area contributed by atoms with Crippen LogP contribution in [0.1, 0.15) is 271 Å². The molecule has 0 saturated carbocycles. The van der Waals surface area contributed by atoms with Gasteiger partial charge in [-0.15, -0.1) is 0 Å². The van der Waals surface area contributed by atoms with Gasteiger partial charge in [-0.2, -0.15) is 0 Å². The van der Waals surface area contributed by atoms with E-state index in [1.807, 2.05) is 21.1 Å². The highest BCUT2D eigenvalue weighted by atomic mass is 31.2. The first-order valence-electron chi connectivity index (χ1n) is 30.7. The Kier molecular flexibility index (Phi) is 53.3. The van der Waals surface area contributed by atoms with E-state index in [9.17, 15) is 19.0 Å². The lowest BCUT2D eigenvalue weighted by Crippen LogP contribution is -2.37. The molecule has 0 radical (unpaired) electrons. The van der Waals surface area contributed by atoms with Crippen molar-refractivity contribution >= 4 is 19.8 Å². The zero-order valence-corrected chi connectivity index (χ0v) is 49.7. The minimum atomic E-state index is -4.39. The molecule has 0 aromatic rings. The van der Waals surface area contributed by atoms with Gasteiger partial charge in [0.2, 0.25) is 0 Å². The lowest BCUT2D eigenvalue weighted by atomic mass is 10.0. The van der Waals surface area contributed by atoms with E-state index in [1.165, 1.54) is 167 Å². The molecule has 0 aromatic carbocycles. The quantitative estimate of drug-likeness (QED) is 0.0211. The number of hydrogen-bond acceptors (Lipinski definition) is 7. The Morgan fingerprint density at radius 1 is 0.432 bits per heavy atom. The minimum absolute atomic E-state index is 0.0292. The third-order valence-electron chi connectivity index (χ3n) is 13.2. The van der Waals surface area contributed by atoms with Gasteiger partial charge in [0, 0.05) is 12.8 Å². The average Bonchev–Trinajstić information content (AvgIpc) is 3.36. The maximum Gasteiger partial charge on any atom is 0.472 e. The number of quaternary nitrogens is 1. The molecule has 74 heavy (non-hydrogen) atoms. The third kappa shape index (κ3) is 58.7. The summed E-state index contributed by atoms with van der Waals surface area (Å²) in [6.45, 7) is 4.34. The van der Waals surface area contributed by atoms with Crippen LogP contribution in [0, 0.1) is 0 Å². The molecule has 2 unspecified atom stereocenters. The van der Waals surface area contributed by atoms with Crippen LogP contribution in [0.3, 0.4) is 0 Å².